The van der Waals surface area contributed by atoms with E-state index in [9.17, 15) is 18.0 Å². The number of halogens is 3. The van der Waals surface area contributed by atoms with Crippen LogP contribution in [0.1, 0.15) is 47.8 Å². The second kappa shape index (κ2) is 7.97. The van der Waals surface area contributed by atoms with E-state index >= 15 is 0 Å². The van der Waals surface area contributed by atoms with Gasteiger partial charge in [0.15, 0.2) is 0 Å². The number of ether oxygens (including phenoxy) is 1. The summed E-state index contributed by atoms with van der Waals surface area (Å²) < 4.78 is 48.6. The molecule has 4 rings (SSSR count). The first-order valence-electron chi connectivity index (χ1n) is 9.73. The van der Waals surface area contributed by atoms with Crippen molar-refractivity contribution in [2.75, 3.05) is 19.7 Å². The number of fused-ring (bicyclic) bond motifs is 1. The van der Waals surface area contributed by atoms with Gasteiger partial charge in [0, 0.05) is 19.0 Å². The van der Waals surface area contributed by atoms with Gasteiger partial charge < -0.3 is 14.1 Å². The molecule has 2 heterocycles. The molecule has 0 unspecified atom stereocenters. The molecule has 1 saturated heterocycles. The number of hydrogen-bond donors (Lipinski definition) is 0. The van der Waals surface area contributed by atoms with Gasteiger partial charge in [0.2, 0.25) is 5.89 Å². The Bertz CT molecular complexity index is 1060. The highest BCUT2D eigenvalue weighted by Gasteiger charge is 2.39. The lowest BCUT2D eigenvalue weighted by Crippen LogP contribution is -2.38. The third-order valence-electron chi connectivity index (χ3n) is 5.22. The highest BCUT2D eigenvalue weighted by atomic mass is 19.4. The molecule has 0 atom stereocenters. The first kappa shape index (κ1) is 20.2. The Balaban J connectivity index is 1.54. The molecule has 0 aliphatic carbocycles. The van der Waals surface area contributed by atoms with Gasteiger partial charge in [-0.25, -0.2) is 0 Å². The van der Waals surface area contributed by atoms with Crippen molar-refractivity contribution in [3.05, 3.63) is 53.7 Å². The van der Waals surface area contributed by atoms with Crippen LogP contribution < -0.4 is 4.74 Å². The number of carbonyl (C=O) groups excluding carboxylic acids is 1. The van der Waals surface area contributed by atoms with Crippen LogP contribution in [0.5, 0.6) is 5.75 Å². The number of rotatable bonds is 4. The lowest BCUT2D eigenvalue weighted by atomic mass is 9.95. The van der Waals surface area contributed by atoms with Crippen molar-refractivity contribution >= 4 is 16.7 Å². The number of likely N-dealkylation sites (tertiary alicyclic amines) is 1. The molecule has 1 aliphatic heterocycles. The van der Waals surface area contributed by atoms with E-state index in [0.717, 1.165) is 10.8 Å². The number of hydrogen-bond acceptors (Lipinski definition) is 5. The Kier molecular flexibility index (Phi) is 5.36. The third-order valence-corrected chi connectivity index (χ3v) is 5.22. The topological polar surface area (TPSA) is 68.5 Å². The molecule has 0 N–H and O–H groups in total. The number of piperidine rings is 1. The number of benzene rings is 2. The summed E-state index contributed by atoms with van der Waals surface area (Å²) in [5.41, 5.74) is 0.505. The highest BCUT2D eigenvalue weighted by molar-refractivity contribution is 6.09. The van der Waals surface area contributed by atoms with Gasteiger partial charge in [-0.05, 0) is 36.6 Å². The zero-order valence-electron chi connectivity index (χ0n) is 16.3. The van der Waals surface area contributed by atoms with Crippen molar-refractivity contribution < 1.29 is 27.1 Å². The van der Waals surface area contributed by atoms with Gasteiger partial charge in [0.25, 0.3) is 5.91 Å². The minimum absolute atomic E-state index is 0.0328. The number of aromatic nitrogens is 2. The molecule has 1 amide bonds. The van der Waals surface area contributed by atoms with Crippen LogP contribution in [-0.2, 0) is 6.18 Å². The average Bonchev–Trinajstić information content (AvgIpc) is 3.24. The molecular formula is C21H20F3N3O3. The highest BCUT2D eigenvalue weighted by Crippen LogP contribution is 2.34. The van der Waals surface area contributed by atoms with Gasteiger partial charge in [-0.3, -0.25) is 4.79 Å². The summed E-state index contributed by atoms with van der Waals surface area (Å²) in [4.78, 5) is 15.0. The van der Waals surface area contributed by atoms with Gasteiger partial charge in [-0.2, -0.15) is 13.2 Å². The number of amides is 1. The Morgan fingerprint density at radius 2 is 1.90 bits per heavy atom. The van der Waals surface area contributed by atoms with Gasteiger partial charge in [0.05, 0.1) is 12.2 Å². The fourth-order valence-electron chi connectivity index (χ4n) is 3.75. The number of nitrogens with zero attached hydrogens (tertiary/aromatic N) is 3. The minimum atomic E-state index is -4.66. The maximum Gasteiger partial charge on any atom is 0.470 e. The van der Waals surface area contributed by atoms with Gasteiger partial charge in [-0.1, -0.05) is 30.3 Å². The van der Waals surface area contributed by atoms with E-state index in [1.54, 1.807) is 11.0 Å². The Morgan fingerprint density at radius 1 is 1.17 bits per heavy atom. The van der Waals surface area contributed by atoms with E-state index in [2.05, 4.69) is 10.2 Å². The first-order valence-corrected chi connectivity index (χ1v) is 9.73. The van der Waals surface area contributed by atoms with Crippen molar-refractivity contribution in [3.8, 4) is 5.75 Å². The normalized spacial score (nSPS) is 15.5. The molecule has 0 saturated carbocycles. The van der Waals surface area contributed by atoms with Gasteiger partial charge >= 0.3 is 12.1 Å². The van der Waals surface area contributed by atoms with Crippen LogP contribution in [-0.4, -0.2) is 40.7 Å². The fraction of sp³-hybridized carbons (Fsp3) is 0.381. The Hall–Kier alpha value is -3.10. The van der Waals surface area contributed by atoms with E-state index in [4.69, 9.17) is 9.15 Å². The molecule has 1 fully saturated rings. The van der Waals surface area contributed by atoms with Crippen LogP contribution in [0.3, 0.4) is 0 Å². The molecular weight excluding hydrogens is 399 g/mol. The van der Waals surface area contributed by atoms with E-state index in [-0.39, 0.29) is 17.7 Å². The molecule has 3 aromatic rings. The van der Waals surface area contributed by atoms with Crippen molar-refractivity contribution in [3.63, 3.8) is 0 Å². The lowest BCUT2D eigenvalue weighted by Gasteiger charge is -2.31. The lowest BCUT2D eigenvalue weighted by molar-refractivity contribution is -0.157. The molecule has 6 nitrogen and oxygen atoms in total. The van der Waals surface area contributed by atoms with Crippen LogP contribution in [0.15, 0.2) is 40.8 Å². The average molecular weight is 419 g/mol. The fourth-order valence-corrected chi connectivity index (χ4v) is 3.75. The molecule has 0 radical (unpaired) electrons. The number of carbonyl (C=O) groups is 1. The van der Waals surface area contributed by atoms with Crippen LogP contribution in [0.2, 0.25) is 0 Å². The monoisotopic (exact) mass is 419 g/mol. The smallest absolute Gasteiger partial charge is 0.470 e. The van der Waals surface area contributed by atoms with Crippen molar-refractivity contribution in [1.82, 2.24) is 15.1 Å². The van der Waals surface area contributed by atoms with Crippen molar-refractivity contribution in [2.24, 2.45) is 0 Å². The van der Waals surface area contributed by atoms with Gasteiger partial charge in [0.1, 0.15) is 5.75 Å². The minimum Gasteiger partial charge on any atom is -0.493 e. The van der Waals surface area contributed by atoms with E-state index < -0.39 is 12.1 Å². The Morgan fingerprint density at radius 3 is 2.57 bits per heavy atom. The van der Waals surface area contributed by atoms with Crippen LogP contribution in [0.25, 0.3) is 10.8 Å². The molecule has 2 aromatic carbocycles. The van der Waals surface area contributed by atoms with E-state index in [1.165, 1.54) is 0 Å². The summed E-state index contributed by atoms with van der Waals surface area (Å²) in [5, 5.41) is 8.39. The quantitative estimate of drug-likeness (QED) is 0.615. The molecule has 0 spiro atoms. The van der Waals surface area contributed by atoms with Crippen LogP contribution in [0.4, 0.5) is 13.2 Å². The summed E-state index contributed by atoms with van der Waals surface area (Å²) in [5.74, 6) is -1.32. The second-order valence-corrected chi connectivity index (χ2v) is 7.10. The second-order valence-electron chi connectivity index (χ2n) is 7.10. The van der Waals surface area contributed by atoms with Crippen molar-refractivity contribution in [2.45, 2.75) is 31.9 Å². The maximum atomic E-state index is 13.3. The van der Waals surface area contributed by atoms with Crippen molar-refractivity contribution in [1.29, 1.82) is 0 Å². The summed E-state index contributed by atoms with van der Waals surface area (Å²) >= 11 is 0. The Labute approximate surface area is 170 Å². The molecule has 0 bridgehead atoms. The van der Waals surface area contributed by atoms with Crippen LogP contribution >= 0.6 is 0 Å². The summed E-state index contributed by atoms with van der Waals surface area (Å²) in [6, 6.07) is 11.3. The van der Waals surface area contributed by atoms with E-state index in [0.29, 0.717) is 43.9 Å². The summed E-state index contributed by atoms with van der Waals surface area (Å²) in [6.45, 7) is 3.04. The molecule has 1 aromatic heterocycles. The molecule has 9 heteroatoms. The summed E-state index contributed by atoms with van der Waals surface area (Å²) in [7, 11) is 0. The van der Waals surface area contributed by atoms with Gasteiger partial charge in [-0.15, -0.1) is 10.2 Å². The third kappa shape index (κ3) is 3.83. The number of alkyl halides is 3. The predicted molar refractivity (Wildman–Crippen MR) is 102 cm³/mol. The molecule has 158 valence electrons. The largest absolute Gasteiger partial charge is 0.493 e. The zero-order valence-corrected chi connectivity index (χ0v) is 16.3. The molecule has 1 aliphatic rings. The SMILES string of the molecule is CCOc1ccc2ccccc2c1C(=O)N1CCC(c2nnc(C(F)(F)F)o2)CC1. The summed E-state index contributed by atoms with van der Waals surface area (Å²) in [6.07, 6.45) is -3.77. The predicted octanol–water partition coefficient (Wildman–Crippen LogP) is 4.66. The molecule has 30 heavy (non-hydrogen) atoms. The van der Waals surface area contributed by atoms with Crippen LogP contribution in [0, 0.1) is 0 Å². The zero-order chi connectivity index (χ0) is 21.3. The van der Waals surface area contributed by atoms with E-state index in [1.807, 2.05) is 37.3 Å². The maximum absolute atomic E-state index is 13.3. The standard InChI is InChI=1S/C21H20F3N3O3/c1-2-29-16-8-7-13-5-3-4-6-15(13)17(16)19(28)27-11-9-14(10-12-27)18-25-26-20(30-18)21(22,23)24/h3-8,14H,2,9-12H2,1H3. The first-order chi connectivity index (χ1) is 14.4.